The molecule has 0 unspecified atom stereocenters. The van der Waals surface area contributed by atoms with Gasteiger partial charge in [0.25, 0.3) is 0 Å². The lowest BCUT2D eigenvalue weighted by molar-refractivity contribution is 0.315. The molecule has 0 spiro atoms. The third kappa shape index (κ3) is 5.53. The van der Waals surface area contributed by atoms with Gasteiger partial charge in [-0.15, -0.1) is 24.0 Å². The quantitative estimate of drug-likeness (QED) is 0.425. The number of aliphatic imine (C=N–C) groups is 1. The minimum Gasteiger partial charge on any atom is -0.370 e. The molecule has 0 radical (unpaired) electrons. The van der Waals surface area contributed by atoms with E-state index in [2.05, 4.69) is 39.7 Å². The monoisotopic (exact) mass is 425 g/mol. The molecule has 1 fully saturated rings. The van der Waals surface area contributed by atoms with Crippen molar-refractivity contribution in [3.63, 3.8) is 0 Å². The van der Waals surface area contributed by atoms with Crippen LogP contribution in [0.5, 0.6) is 0 Å². The molecule has 6 heteroatoms. The molecule has 0 bridgehead atoms. The highest BCUT2D eigenvalue weighted by atomic mass is 127. The Morgan fingerprint density at radius 1 is 1.30 bits per heavy atom. The Morgan fingerprint density at radius 3 is 2.83 bits per heavy atom. The second kappa shape index (κ2) is 8.90. The summed E-state index contributed by atoms with van der Waals surface area (Å²) in [5.41, 5.74) is 8.31. The second-order valence-electron chi connectivity index (χ2n) is 5.90. The molecule has 0 atom stereocenters. The fourth-order valence-corrected chi connectivity index (χ4v) is 2.59. The van der Waals surface area contributed by atoms with Gasteiger partial charge >= 0.3 is 0 Å². The summed E-state index contributed by atoms with van der Waals surface area (Å²) in [5, 5.41) is 7.45. The molecule has 0 amide bonds. The summed E-state index contributed by atoms with van der Waals surface area (Å²) < 4.78 is 1.91. The molecule has 1 aromatic carbocycles. The van der Waals surface area contributed by atoms with Crippen molar-refractivity contribution >= 4 is 29.9 Å². The number of guanidine groups is 1. The van der Waals surface area contributed by atoms with E-state index in [4.69, 9.17) is 5.73 Å². The van der Waals surface area contributed by atoms with E-state index in [1.807, 2.05) is 16.9 Å². The normalized spacial score (nSPS) is 14.9. The number of nitrogens with two attached hydrogens (primary N) is 1. The van der Waals surface area contributed by atoms with Crippen LogP contribution in [0.4, 0.5) is 0 Å². The van der Waals surface area contributed by atoms with Gasteiger partial charge in [0.15, 0.2) is 5.96 Å². The number of aromatic nitrogens is 2. The van der Waals surface area contributed by atoms with Gasteiger partial charge in [0.1, 0.15) is 0 Å². The smallest absolute Gasteiger partial charge is 0.188 e. The van der Waals surface area contributed by atoms with Crippen molar-refractivity contribution < 1.29 is 0 Å². The van der Waals surface area contributed by atoms with Crippen molar-refractivity contribution in [3.8, 4) is 0 Å². The maximum Gasteiger partial charge on any atom is 0.188 e. The molecular weight excluding hydrogens is 401 g/mol. The number of benzene rings is 1. The summed E-state index contributed by atoms with van der Waals surface area (Å²) in [6.45, 7) is 2.34. The van der Waals surface area contributed by atoms with Gasteiger partial charge in [0.2, 0.25) is 0 Å². The summed E-state index contributed by atoms with van der Waals surface area (Å²) in [5.74, 6) is 1.33. The van der Waals surface area contributed by atoms with Crippen LogP contribution in [0.3, 0.4) is 0 Å². The van der Waals surface area contributed by atoms with E-state index in [1.54, 1.807) is 6.20 Å². The van der Waals surface area contributed by atoms with E-state index in [0.29, 0.717) is 12.5 Å². The molecule has 1 aliphatic rings. The third-order valence-corrected chi connectivity index (χ3v) is 4.12. The molecule has 5 nitrogen and oxygen atoms in total. The van der Waals surface area contributed by atoms with Crippen LogP contribution in [0.1, 0.15) is 30.4 Å². The van der Waals surface area contributed by atoms with Crippen molar-refractivity contribution in [2.45, 2.75) is 32.4 Å². The Balaban J connectivity index is 0.00000192. The number of hydrogen-bond donors (Lipinski definition) is 2. The minimum absolute atomic E-state index is 0. The molecule has 1 saturated carbocycles. The van der Waals surface area contributed by atoms with Gasteiger partial charge in [-0.2, -0.15) is 5.10 Å². The zero-order chi connectivity index (χ0) is 15.2. The van der Waals surface area contributed by atoms with E-state index < -0.39 is 0 Å². The van der Waals surface area contributed by atoms with Crippen LogP contribution in [0.25, 0.3) is 0 Å². The van der Waals surface area contributed by atoms with Crippen LogP contribution >= 0.6 is 24.0 Å². The molecule has 1 aliphatic carbocycles. The maximum absolute atomic E-state index is 5.92. The Labute approximate surface area is 154 Å². The van der Waals surface area contributed by atoms with E-state index in [9.17, 15) is 0 Å². The van der Waals surface area contributed by atoms with Gasteiger partial charge < -0.3 is 11.1 Å². The SMILES string of the molecule is I.NC(=NCc1cccc(Cn2cccn2)c1)NCC1CCC1. The van der Waals surface area contributed by atoms with Gasteiger partial charge in [-0.3, -0.25) is 4.68 Å². The summed E-state index contributed by atoms with van der Waals surface area (Å²) in [6.07, 6.45) is 7.74. The first-order valence-corrected chi connectivity index (χ1v) is 7.88. The zero-order valence-corrected chi connectivity index (χ0v) is 15.5. The van der Waals surface area contributed by atoms with Gasteiger partial charge in [0.05, 0.1) is 13.1 Å². The molecule has 0 aliphatic heterocycles. The highest BCUT2D eigenvalue weighted by Crippen LogP contribution is 2.24. The molecule has 124 valence electrons. The number of rotatable bonds is 6. The topological polar surface area (TPSA) is 68.2 Å². The first-order valence-electron chi connectivity index (χ1n) is 7.88. The standard InChI is InChI=1S/C17H23N5.HI/c18-17(19-11-14-4-1-5-14)20-12-15-6-2-7-16(10-15)13-22-9-3-8-21-22;/h2-3,6-10,14H,1,4-5,11-13H2,(H3,18,19,20);1H. The molecule has 1 heterocycles. The van der Waals surface area contributed by atoms with Crippen LogP contribution in [0.15, 0.2) is 47.7 Å². The van der Waals surface area contributed by atoms with E-state index in [1.165, 1.54) is 24.8 Å². The van der Waals surface area contributed by atoms with E-state index in [0.717, 1.165) is 24.6 Å². The summed E-state index contributed by atoms with van der Waals surface area (Å²) in [4.78, 5) is 4.42. The minimum atomic E-state index is 0. The van der Waals surface area contributed by atoms with Crippen molar-refractivity contribution in [3.05, 3.63) is 53.9 Å². The average Bonchev–Trinajstić information content (AvgIpc) is 2.97. The largest absolute Gasteiger partial charge is 0.370 e. The fraction of sp³-hybridized carbons (Fsp3) is 0.412. The van der Waals surface area contributed by atoms with Crippen LogP contribution in [-0.4, -0.2) is 22.3 Å². The predicted molar refractivity (Wildman–Crippen MR) is 104 cm³/mol. The van der Waals surface area contributed by atoms with Crippen LogP contribution in [0.2, 0.25) is 0 Å². The Morgan fingerprint density at radius 2 is 2.13 bits per heavy atom. The van der Waals surface area contributed by atoms with Crippen molar-refractivity contribution in [2.75, 3.05) is 6.54 Å². The van der Waals surface area contributed by atoms with Crippen LogP contribution < -0.4 is 11.1 Å². The number of nitrogens with zero attached hydrogens (tertiary/aromatic N) is 3. The molecule has 1 aromatic heterocycles. The lowest BCUT2D eigenvalue weighted by Gasteiger charge is -2.25. The Hall–Kier alpha value is -1.57. The lowest BCUT2D eigenvalue weighted by Crippen LogP contribution is -2.37. The number of hydrogen-bond acceptors (Lipinski definition) is 2. The Bertz CT molecular complexity index is 620. The second-order valence-corrected chi connectivity index (χ2v) is 5.90. The molecule has 3 N–H and O–H groups in total. The van der Waals surface area contributed by atoms with Gasteiger partial charge in [-0.1, -0.05) is 30.7 Å². The first kappa shape index (κ1) is 17.8. The summed E-state index contributed by atoms with van der Waals surface area (Å²) in [6, 6.07) is 10.3. The fourth-order valence-electron chi connectivity index (χ4n) is 2.59. The van der Waals surface area contributed by atoms with Crippen molar-refractivity contribution in [1.82, 2.24) is 15.1 Å². The van der Waals surface area contributed by atoms with Crippen LogP contribution in [0, 0.1) is 5.92 Å². The molecule has 3 rings (SSSR count). The number of halogens is 1. The molecule has 23 heavy (non-hydrogen) atoms. The third-order valence-electron chi connectivity index (χ3n) is 4.12. The average molecular weight is 425 g/mol. The van der Waals surface area contributed by atoms with Crippen LogP contribution in [-0.2, 0) is 13.1 Å². The summed E-state index contributed by atoms with van der Waals surface area (Å²) in [7, 11) is 0. The highest BCUT2D eigenvalue weighted by molar-refractivity contribution is 14.0. The van der Waals surface area contributed by atoms with E-state index >= 15 is 0 Å². The number of nitrogens with one attached hydrogen (secondary N) is 1. The van der Waals surface area contributed by atoms with Gasteiger partial charge in [0, 0.05) is 18.9 Å². The highest BCUT2D eigenvalue weighted by Gasteiger charge is 2.16. The van der Waals surface area contributed by atoms with Gasteiger partial charge in [-0.05, 0) is 36.0 Å². The van der Waals surface area contributed by atoms with Crippen molar-refractivity contribution in [1.29, 1.82) is 0 Å². The Kier molecular flexibility index (Phi) is 6.88. The first-order chi connectivity index (χ1) is 10.8. The lowest BCUT2D eigenvalue weighted by atomic mass is 9.85. The van der Waals surface area contributed by atoms with Crippen molar-refractivity contribution in [2.24, 2.45) is 16.6 Å². The molecule has 0 saturated heterocycles. The predicted octanol–water partition coefficient (Wildman–Crippen LogP) is 2.75. The molecular formula is C17H24IN5. The maximum atomic E-state index is 5.92. The zero-order valence-electron chi connectivity index (χ0n) is 13.2. The molecule has 2 aromatic rings. The van der Waals surface area contributed by atoms with Gasteiger partial charge in [-0.25, -0.2) is 4.99 Å². The van der Waals surface area contributed by atoms with E-state index in [-0.39, 0.29) is 24.0 Å². The summed E-state index contributed by atoms with van der Waals surface area (Å²) >= 11 is 0.